The first-order valence-corrected chi connectivity index (χ1v) is 17.5. The third-order valence-electron chi connectivity index (χ3n) is 6.91. The largest absolute Gasteiger partial charge is 0.454 e. The third-order valence-corrected chi connectivity index (χ3v) is 11.0. The molecular weight excluding hydrogens is 777 g/mol. The van der Waals surface area contributed by atoms with Crippen molar-refractivity contribution in [2.45, 2.75) is 40.8 Å². The fourth-order valence-electron chi connectivity index (χ4n) is 4.58. The lowest BCUT2D eigenvalue weighted by Gasteiger charge is -2.19. The topological polar surface area (TPSA) is 244 Å². The van der Waals surface area contributed by atoms with Crippen molar-refractivity contribution >= 4 is 73.2 Å². The Kier molecular flexibility index (Phi) is 11.0. The summed E-state index contributed by atoms with van der Waals surface area (Å²) in [7, 11) is -4.36. The zero-order valence-electron chi connectivity index (χ0n) is 24.9. The molecule has 5 rings (SSSR count). The van der Waals surface area contributed by atoms with Gasteiger partial charge in [0, 0.05) is 45.0 Å². The maximum Gasteiger partial charge on any atom is 0.267 e. The Balaban J connectivity index is 1.23. The molecule has 0 unspecified atom stereocenters. The number of sulfonamides is 1. The van der Waals surface area contributed by atoms with Gasteiger partial charge in [0.2, 0.25) is 12.7 Å². The molecule has 0 aliphatic carbocycles. The third kappa shape index (κ3) is 7.65. The maximum atomic E-state index is 13.1. The first-order chi connectivity index (χ1) is 23.1. The number of rotatable bonds is 14. The van der Waals surface area contributed by atoms with Crippen molar-refractivity contribution < 1.29 is 27.5 Å². The molecule has 1 aliphatic rings. The monoisotopic (exact) mass is 803 g/mol. The van der Waals surface area contributed by atoms with Crippen molar-refractivity contribution in [3.8, 4) is 17.6 Å². The molecule has 48 heavy (non-hydrogen) atoms. The summed E-state index contributed by atoms with van der Waals surface area (Å²) in [6, 6.07) is 10.5. The summed E-state index contributed by atoms with van der Waals surface area (Å²) in [4.78, 5) is 41.8. The fourth-order valence-corrected chi connectivity index (χ4v) is 7.61. The molecule has 4 aromatic rings. The van der Waals surface area contributed by atoms with E-state index in [-0.39, 0.29) is 49.0 Å². The maximum absolute atomic E-state index is 13.1. The Morgan fingerprint density at radius 1 is 1.21 bits per heavy atom. The van der Waals surface area contributed by atoms with Crippen LogP contribution in [0.3, 0.4) is 0 Å². The molecule has 3 N–H and O–H groups in total. The number of nitrogens with two attached hydrogens (primary N) is 1. The van der Waals surface area contributed by atoms with Crippen LogP contribution in [0, 0.1) is 14.9 Å². The molecule has 0 saturated heterocycles. The zero-order chi connectivity index (χ0) is 34.3. The van der Waals surface area contributed by atoms with E-state index >= 15 is 0 Å². The number of nitrogens with one attached hydrogen (secondary N) is 1. The molecule has 3 heterocycles. The number of carbonyl (C=O) groups excluding carboxylic acids is 2. The number of halogens is 1. The minimum Gasteiger partial charge on any atom is -0.454 e. The molecule has 0 atom stereocenters. The number of carbonyl (C=O) groups is 2. The second kappa shape index (κ2) is 15.4. The molecule has 248 valence electrons. The van der Waals surface area contributed by atoms with E-state index in [2.05, 4.69) is 47.9 Å². The van der Waals surface area contributed by atoms with Crippen molar-refractivity contribution in [1.82, 2.24) is 29.1 Å². The van der Waals surface area contributed by atoms with Crippen LogP contribution in [0.1, 0.15) is 29.6 Å². The number of azide groups is 1. The van der Waals surface area contributed by atoms with Crippen LogP contribution in [0.25, 0.3) is 21.6 Å². The van der Waals surface area contributed by atoms with Gasteiger partial charge in [-0.2, -0.15) is 5.26 Å². The number of benzene rings is 2. The Morgan fingerprint density at radius 3 is 2.69 bits per heavy atom. The summed E-state index contributed by atoms with van der Waals surface area (Å²) in [6.07, 6.45) is 1.75. The number of aromatic nitrogens is 4. The van der Waals surface area contributed by atoms with Gasteiger partial charge in [-0.1, -0.05) is 16.9 Å². The van der Waals surface area contributed by atoms with Gasteiger partial charge in [0.15, 0.2) is 33.6 Å². The number of ether oxygens (including phenoxy) is 2. The molecule has 17 nitrogen and oxygen atoms in total. The number of nitrogens with zero attached hydrogens (tertiary/aromatic N) is 9. The molecule has 1 aliphatic heterocycles. The number of imidazole rings is 1. The minimum atomic E-state index is -4.36. The number of aryl methyl sites for hydroxylation is 1. The van der Waals surface area contributed by atoms with Crippen molar-refractivity contribution in [1.29, 1.82) is 5.26 Å². The molecule has 0 spiro atoms. The summed E-state index contributed by atoms with van der Waals surface area (Å²) in [6.45, 7) is 0.176. The zero-order valence-corrected chi connectivity index (χ0v) is 28.7. The molecular formula is C28H26IN11O6S2. The summed E-state index contributed by atoms with van der Waals surface area (Å²) in [5.74, 6) is 0.308. The fraction of sp³-hybridized carbons (Fsp3) is 0.286. The minimum absolute atomic E-state index is 0.00905. The summed E-state index contributed by atoms with van der Waals surface area (Å²) >= 11 is 3.63. The standard InChI is InChI=1S/C28H26IN11O6S2/c29-19-13-20-21(46-16-45-20)14-22(19)47-28-37-24-25(31)34-15-35-26(24)39(28)11-2-9-33-27(42)17-4-6-18(7-5-17)48(43,44)40(12-8-30)23(41)3-1-10-36-38-32/h4-7,13-15H,1-3,9-12,16H2,(H,33,42)(H2,31,34,35). The van der Waals surface area contributed by atoms with Gasteiger partial charge < -0.3 is 25.1 Å². The average Bonchev–Trinajstić information content (AvgIpc) is 3.68. The predicted molar refractivity (Wildman–Crippen MR) is 180 cm³/mol. The lowest BCUT2D eigenvalue weighted by molar-refractivity contribution is -0.126. The first-order valence-electron chi connectivity index (χ1n) is 14.2. The van der Waals surface area contributed by atoms with E-state index in [0.717, 1.165) is 8.47 Å². The van der Waals surface area contributed by atoms with Gasteiger partial charge >= 0.3 is 0 Å². The summed E-state index contributed by atoms with van der Waals surface area (Å²) in [5.41, 5.74) is 15.7. The van der Waals surface area contributed by atoms with Crippen molar-refractivity contribution in [3.63, 3.8) is 0 Å². The van der Waals surface area contributed by atoms with Crippen molar-refractivity contribution in [3.05, 3.63) is 62.3 Å². The Labute approximate surface area is 291 Å². The summed E-state index contributed by atoms with van der Waals surface area (Å²) < 4.78 is 40.5. The van der Waals surface area contributed by atoms with Crippen molar-refractivity contribution in [2.24, 2.45) is 5.11 Å². The van der Waals surface area contributed by atoms with Gasteiger partial charge in [-0.25, -0.2) is 27.7 Å². The van der Waals surface area contributed by atoms with Crippen LogP contribution < -0.4 is 20.5 Å². The highest BCUT2D eigenvalue weighted by atomic mass is 127. The van der Waals surface area contributed by atoms with Crippen molar-refractivity contribution in [2.75, 3.05) is 32.2 Å². The molecule has 0 radical (unpaired) electrons. The average molecular weight is 804 g/mol. The second-order valence-electron chi connectivity index (χ2n) is 9.97. The quantitative estimate of drug-likeness (QED) is 0.0461. The Morgan fingerprint density at radius 2 is 1.96 bits per heavy atom. The van der Waals surface area contributed by atoms with Gasteiger partial charge in [-0.3, -0.25) is 9.59 Å². The molecule has 0 bridgehead atoms. The van der Waals surface area contributed by atoms with E-state index in [4.69, 9.17) is 31.0 Å². The normalized spacial score (nSPS) is 11.9. The van der Waals surface area contributed by atoms with E-state index in [9.17, 15) is 18.0 Å². The molecule has 20 heteroatoms. The van der Waals surface area contributed by atoms with Gasteiger partial charge in [0.05, 0.1) is 11.0 Å². The SMILES string of the molecule is N#CCN(C(=O)CCCN=[N+]=[N-])S(=O)(=O)c1ccc(C(=O)NCCCn2c(Sc3cc4c(cc3I)OCO4)nc3c(N)ncnc32)cc1. The van der Waals surface area contributed by atoms with Gasteiger partial charge in [0.1, 0.15) is 12.9 Å². The van der Waals surface area contributed by atoms with Crippen LogP contribution in [0.15, 0.2) is 62.8 Å². The lowest BCUT2D eigenvalue weighted by atomic mass is 10.2. The second-order valence-corrected chi connectivity index (χ2v) is 14.0. The molecule has 2 amide bonds. The van der Waals surface area contributed by atoms with Crippen LogP contribution in [0.5, 0.6) is 11.5 Å². The molecule has 0 saturated carbocycles. The van der Waals surface area contributed by atoms with E-state index in [1.54, 1.807) is 6.07 Å². The number of anilines is 1. The number of hydrogen-bond acceptors (Lipinski definition) is 13. The molecule has 0 fully saturated rings. The highest BCUT2D eigenvalue weighted by molar-refractivity contribution is 14.1. The highest BCUT2D eigenvalue weighted by Crippen LogP contribution is 2.41. The number of fused-ring (bicyclic) bond motifs is 2. The predicted octanol–water partition coefficient (Wildman–Crippen LogP) is 3.84. The van der Waals surface area contributed by atoms with Gasteiger partial charge in [-0.05, 0) is 77.4 Å². The van der Waals surface area contributed by atoms with E-state index < -0.39 is 28.4 Å². The van der Waals surface area contributed by atoms with E-state index in [1.807, 2.05) is 16.7 Å². The van der Waals surface area contributed by atoms with Crippen LogP contribution in [-0.2, 0) is 21.4 Å². The number of nitrogen functional groups attached to an aromatic ring is 1. The summed E-state index contributed by atoms with van der Waals surface area (Å²) in [5, 5.41) is 15.9. The molecule has 2 aromatic carbocycles. The van der Waals surface area contributed by atoms with Gasteiger partial charge in [-0.15, -0.1) is 0 Å². The number of nitriles is 1. The Bertz CT molecular complexity index is 2060. The van der Waals surface area contributed by atoms with E-state index in [0.29, 0.717) is 45.1 Å². The van der Waals surface area contributed by atoms with Crippen LogP contribution in [0.4, 0.5) is 5.82 Å². The van der Waals surface area contributed by atoms with Crippen LogP contribution in [0.2, 0.25) is 0 Å². The Hall–Kier alpha value is -4.84. The van der Waals surface area contributed by atoms with Crippen LogP contribution in [-0.4, -0.2) is 70.5 Å². The lowest BCUT2D eigenvalue weighted by Crippen LogP contribution is -2.37. The highest BCUT2D eigenvalue weighted by Gasteiger charge is 2.29. The van der Waals surface area contributed by atoms with Crippen LogP contribution >= 0.6 is 34.4 Å². The first kappa shape index (κ1) is 34.5. The molecule has 2 aromatic heterocycles. The van der Waals surface area contributed by atoms with E-state index in [1.165, 1.54) is 42.4 Å². The smallest absolute Gasteiger partial charge is 0.267 e. The number of hydrogen-bond donors (Lipinski definition) is 2. The number of amides is 2. The van der Waals surface area contributed by atoms with Gasteiger partial charge in [0.25, 0.3) is 15.9 Å².